The van der Waals surface area contributed by atoms with Gasteiger partial charge in [-0.05, 0) is 37.8 Å². The van der Waals surface area contributed by atoms with Crippen molar-refractivity contribution in [3.8, 4) is 0 Å². The van der Waals surface area contributed by atoms with Crippen molar-refractivity contribution in [3.05, 3.63) is 35.8 Å². The van der Waals surface area contributed by atoms with Crippen LogP contribution in [0.4, 0.5) is 4.39 Å². The average molecular weight is 263 g/mol. The normalized spacial score (nSPS) is 21.1. The lowest BCUT2D eigenvalue weighted by atomic mass is 10.0. The van der Waals surface area contributed by atoms with Crippen molar-refractivity contribution in [1.82, 2.24) is 0 Å². The minimum absolute atomic E-state index is 0.198. The largest absolute Gasteiger partial charge is 0.456 e. The van der Waals surface area contributed by atoms with Crippen LogP contribution >= 0.6 is 0 Å². The Bertz CT molecular complexity index is 560. The van der Waals surface area contributed by atoms with E-state index in [-0.39, 0.29) is 11.9 Å². The van der Waals surface area contributed by atoms with Gasteiger partial charge in [0.05, 0.1) is 12.1 Å². The molecule has 2 atom stereocenters. The Balaban J connectivity index is 1.70. The molecular weight excluding hydrogens is 245 g/mol. The number of fused-ring (bicyclic) bond motifs is 1. The number of halogens is 1. The molecule has 1 aromatic carbocycles. The lowest BCUT2D eigenvalue weighted by Crippen LogP contribution is -2.13. The first-order valence-electron chi connectivity index (χ1n) is 6.79. The van der Waals surface area contributed by atoms with Gasteiger partial charge in [0.1, 0.15) is 5.76 Å². The Morgan fingerprint density at radius 2 is 2.32 bits per heavy atom. The van der Waals surface area contributed by atoms with E-state index in [1.54, 1.807) is 6.07 Å². The maximum atomic E-state index is 13.5. The zero-order valence-electron chi connectivity index (χ0n) is 10.8. The molecule has 102 valence electrons. The molecule has 0 spiro atoms. The number of para-hydroxylation sites is 1. The van der Waals surface area contributed by atoms with Crippen LogP contribution in [0.2, 0.25) is 0 Å². The SMILES string of the molecule is NC(CCC1CCCO1)c1cc2cccc(F)c2o1. The molecule has 1 saturated heterocycles. The van der Waals surface area contributed by atoms with Gasteiger partial charge in [0.25, 0.3) is 0 Å². The summed E-state index contributed by atoms with van der Waals surface area (Å²) in [6, 6.07) is 6.54. The standard InChI is InChI=1S/C15H18FNO2/c16-12-5-1-3-10-9-14(19-15(10)12)13(17)7-6-11-4-2-8-18-11/h1,3,5,9,11,13H,2,4,6-8,17H2. The van der Waals surface area contributed by atoms with E-state index in [1.165, 1.54) is 6.07 Å². The Kier molecular flexibility index (Phi) is 3.53. The van der Waals surface area contributed by atoms with Crippen LogP contribution < -0.4 is 5.73 Å². The molecule has 0 radical (unpaired) electrons. The summed E-state index contributed by atoms with van der Waals surface area (Å²) in [4.78, 5) is 0. The molecule has 4 heteroatoms. The number of hydrogen-bond acceptors (Lipinski definition) is 3. The first-order chi connectivity index (χ1) is 9.24. The van der Waals surface area contributed by atoms with Crippen molar-refractivity contribution < 1.29 is 13.5 Å². The highest BCUT2D eigenvalue weighted by atomic mass is 19.1. The van der Waals surface area contributed by atoms with Crippen LogP contribution in [-0.4, -0.2) is 12.7 Å². The predicted molar refractivity (Wildman–Crippen MR) is 71.3 cm³/mol. The molecule has 2 aromatic rings. The van der Waals surface area contributed by atoms with E-state index in [2.05, 4.69) is 0 Å². The second kappa shape index (κ2) is 5.31. The average Bonchev–Trinajstić information content (AvgIpc) is 3.05. The van der Waals surface area contributed by atoms with Gasteiger partial charge in [-0.3, -0.25) is 0 Å². The summed E-state index contributed by atoms with van der Waals surface area (Å²) in [5, 5.41) is 0.766. The van der Waals surface area contributed by atoms with Crippen molar-refractivity contribution in [1.29, 1.82) is 0 Å². The Hall–Kier alpha value is -1.39. The molecule has 0 bridgehead atoms. The molecule has 3 rings (SSSR count). The maximum absolute atomic E-state index is 13.5. The third-order valence-electron chi connectivity index (χ3n) is 3.70. The van der Waals surface area contributed by atoms with Crippen molar-refractivity contribution in [2.24, 2.45) is 5.73 Å². The molecule has 0 amide bonds. The summed E-state index contributed by atoms with van der Waals surface area (Å²) >= 11 is 0. The van der Waals surface area contributed by atoms with Gasteiger partial charge in [0, 0.05) is 12.0 Å². The summed E-state index contributed by atoms with van der Waals surface area (Å²) in [6.07, 6.45) is 4.30. The van der Waals surface area contributed by atoms with Crippen LogP contribution in [0.5, 0.6) is 0 Å². The number of benzene rings is 1. The second-order valence-corrected chi connectivity index (χ2v) is 5.13. The molecule has 0 saturated carbocycles. The lowest BCUT2D eigenvalue weighted by Gasteiger charge is -2.12. The Morgan fingerprint density at radius 1 is 1.42 bits per heavy atom. The van der Waals surface area contributed by atoms with E-state index in [0.717, 1.165) is 37.7 Å². The van der Waals surface area contributed by atoms with Gasteiger partial charge in [0.2, 0.25) is 0 Å². The van der Waals surface area contributed by atoms with E-state index >= 15 is 0 Å². The zero-order valence-corrected chi connectivity index (χ0v) is 10.8. The molecule has 1 aliphatic rings. The highest BCUT2D eigenvalue weighted by molar-refractivity contribution is 5.78. The summed E-state index contributed by atoms with van der Waals surface area (Å²) in [5.41, 5.74) is 6.41. The fourth-order valence-electron chi connectivity index (χ4n) is 2.61. The minimum Gasteiger partial charge on any atom is -0.456 e. The third-order valence-corrected chi connectivity index (χ3v) is 3.70. The molecule has 0 aliphatic carbocycles. The first kappa shape index (κ1) is 12.6. The Labute approximate surface area is 111 Å². The van der Waals surface area contributed by atoms with Crippen LogP contribution in [-0.2, 0) is 4.74 Å². The van der Waals surface area contributed by atoms with Crippen LogP contribution in [0.15, 0.2) is 28.7 Å². The highest BCUT2D eigenvalue weighted by Crippen LogP contribution is 2.28. The second-order valence-electron chi connectivity index (χ2n) is 5.13. The highest BCUT2D eigenvalue weighted by Gasteiger charge is 2.19. The van der Waals surface area contributed by atoms with Crippen molar-refractivity contribution in [2.75, 3.05) is 6.61 Å². The van der Waals surface area contributed by atoms with Gasteiger partial charge in [-0.2, -0.15) is 0 Å². The first-order valence-corrected chi connectivity index (χ1v) is 6.79. The van der Waals surface area contributed by atoms with Gasteiger partial charge >= 0.3 is 0 Å². The van der Waals surface area contributed by atoms with Crippen molar-refractivity contribution in [2.45, 2.75) is 37.8 Å². The van der Waals surface area contributed by atoms with Crippen molar-refractivity contribution in [3.63, 3.8) is 0 Å². The molecule has 19 heavy (non-hydrogen) atoms. The zero-order chi connectivity index (χ0) is 13.2. The summed E-state index contributed by atoms with van der Waals surface area (Å²) in [6.45, 7) is 0.857. The molecule has 1 aliphatic heterocycles. The quantitative estimate of drug-likeness (QED) is 0.918. The van der Waals surface area contributed by atoms with Gasteiger partial charge in [0.15, 0.2) is 11.4 Å². The lowest BCUT2D eigenvalue weighted by molar-refractivity contribution is 0.100. The van der Waals surface area contributed by atoms with Crippen LogP contribution in [0, 0.1) is 5.82 Å². The fraction of sp³-hybridized carbons (Fsp3) is 0.467. The molecule has 2 N–H and O–H groups in total. The smallest absolute Gasteiger partial charge is 0.169 e. The van der Waals surface area contributed by atoms with E-state index in [9.17, 15) is 4.39 Å². The summed E-state index contributed by atoms with van der Waals surface area (Å²) in [5.74, 6) is 0.313. The minimum atomic E-state index is -0.338. The Morgan fingerprint density at radius 3 is 3.05 bits per heavy atom. The number of nitrogens with two attached hydrogens (primary N) is 1. The van der Waals surface area contributed by atoms with E-state index in [0.29, 0.717) is 17.4 Å². The topological polar surface area (TPSA) is 48.4 Å². The molecular formula is C15H18FNO2. The van der Waals surface area contributed by atoms with Crippen molar-refractivity contribution >= 4 is 11.0 Å². The summed E-state index contributed by atoms with van der Waals surface area (Å²) < 4.78 is 24.6. The van der Waals surface area contributed by atoms with Gasteiger partial charge in [-0.1, -0.05) is 12.1 Å². The molecule has 2 unspecified atom stereocenters. The summed E-state index contributed by atoms with van der Waals surface area (Å²) in [7, 11) is 0. The van der Waals surface area contributed by atoms with E-state index in [4.69, 9.17) is 14.9 Å². The van der Waals surface area contributed by atoms with Gasteiger partial charge in [-0.15, -0.1) is 0 Å². The molecule has 1 aromatic heterocycles. The molecule has 2 heterocycles. The van der Waals surface area contributed by atoms with Crippen LogP contribution in [0.1, 0.15) is 37.5 Å². The number of hydrogen-bond donors (Lipinski definition) is 1. The van der Waals surface area contributed by atoms with Gasteiger partial charge in [-0.25, -0.2) is 4.39 Å². The number of furan rings is 1. The van der Waals surface area contributed by atoms with E-state index in [1.807, 2.05) is 12.1 Å². The van der Waals surface area contributed by atoms with E-state index < -0.39 is 0 Å². The predicted octanol–water partition coefficient (Wildman–Crippen LogP) is 3.53. The monoisotopic (exact) mass is 263 g/mol. The maximum Gasteiger partial charge on any atom is 0.169 e. The number of rotatable bonds is 4. The molecule has 1 fully saturated rings. The van der Waals surface area contributed by atoms with Crippen LogP contribution in [0.25, 0.3) is 11.0 Å². The third kappa shape index (κ3) is 2.65. The fourth-order valence-corrected chi connectivity index (χ4v) is 2.61. The van der Waals surface area contributed by atoms with Gasteiger partial charge < -0.3 is 14.9 Å². The van der Waals surface area contributed by atoms with Crippen LogP contribution in [0.3, 0.4) is 0 Å². The molecule has 3 nitrogen and oxygen atoms in total. The number of ether oxygens (including phenoxy) is 1.